The van der Waals surface area contributed by atoms with Crippen LogP contribution in [-0.2, 0) is 26.0 Å². The Morgan fingerprint density at radius 3 is 2.52 bits per heavy atom. The van der Waals surface area contributed by atoms with Gasteiger partial charge in [-0.25, -0.2) is 13.2 Å². The molecule has 1 heterocycles. The maximum Gasteiger partial charge on any atom is 0.342 e. The van der Waals surface area contributed by atoms with Crippen LogP contribution in [0.5, 0.6) is 5.75 Å². The van der Waals surface area contributed by atoms with Crippen LogP contribution in [0.25, 0.3) is 0 Å². The van der Waals surface area contributed by atoms with Gasteiger partial charge in [0, 0.05) is 22.7 Å². The number of sulfone groups is 1. The zero-order valence-corrected chi connectivity index (χ0v) is 20.3. The summed E-state index contributed by atoms with van der Waals surface area (Å²) >= 11 is 6.16. The van der Waals surface area contributed by atoms with Gasteiger partial charge in [0.15, 0.2) is 16.4 Å². The largest absolute Gasteiger partial charge is 0.488 e. The van der Waals surface area contributed by atoms with Gasteiger partial charge >= 0.3 is 5.97 Å². The van der Waals surface area contributed by atoms with Gasteiger partial charge in [-0.05, 0) is 38.0 Å². The number of esters is 1. The first-order valence-electron chi connectivity index (χ1n) is 10.9. The van der Waals surface area contributed by atoms with Crippen LogP contribution in [0, 0.1) is 0 Å². The predicted octanol–water partition coefficient (Wildman–Crippen LogP) is 3.89. The number of nitrogens with zero attached hydrogens (tertiary/aromatic N) is 1. The third-order valence-electron chi connectivity index (χ3n) is 5.73. The number of hydrogen-bond donors (Lipinski definition) is 0. The lowest BCUT2D eigenvalue weighted by Crippen LogP contribution is -2.48. The van der Waals surface area contributed by atoms with E-state index in [1.54, 1.807) is 35.2 Å². The minimum atomic E-state index is -3.16. The Morgan fingerprint density at radius 1 is 1.15 bits per heavy atom. The molecule has 178 valence electrons. The number of halogens is 1. The van der Waals surface area contributed by atoms with Gasteiger partial charge < -0.3 is 14.4 Å². The van der Waals surface area contributed by atoms with Gasteiger partial charge in [-0.1, -0.05) is 48.9 Å². The highest BCUT2D eigenvalue weighted by molar-refractivity contribution is 7.91. The number of ether oxygens (including phenoxy) is 2. The van der Waals surface area contributed by atoms with Gasteiger partial charge in [0.2, 0.25) is 0 Å². The summed E-state index contributed by atoms with van der Waals surface area (Å²) in [6, 6.07) is 13.3. The SMILES string of the molecule is CC[C@@H](C)N(C(=O)COC(=O)c1ccccc1OCc1ccccc1Cl)[C@@H]1CCS(=O)(=O)C1. The van der Waals surface area contributed by atoms with E-state index in [2.05, 4.69) is 0 Å². The normalized spacial score (nSPS) is 17.8. The van der Waals surface area contributed by atoms with Crippen molar-refractivity contribution >= 4 is 33.3 Å². The quantitative estimate of drug-likeness (QED) is 0.492. The molecule has 9 heteroatoms. The lowest BCUT2D eigenvalue weighted by atomic mass is 10.1. The summed E-state index contributed by atoms with van der Waals surface area (Å²) in [5.41, 5.74) is 0.962. The van der Waals surface area contributed by atoms with Crippen LogP contribution in [0.2, 0.25) is 5.02 Å². The highest BCUT2D eigenvalue weighted by atomic mass is 35.5. The second-order valence-electron chi connectivity index (χ2n) is 8.07. The van der Waals surface area contributed by atoms with Crippen molar-refractivity contribution in [2.24, 2.45) is 0 Å². The Hall–Kier alpha value is -2.58. The second kappa shape index (κ2) is 11.0. The van der Waals surface area contributed by atoms with E-state index < -0.39 is 34.4 Å². The van der Waals surface area contributed by atoms with Gasteiger partial charge in [-0.2, -0.15) is 0 Å². The molecule has 7 nitrogen and oxygen atoms in total. The summed E-state index contributed by atoms with van der Waals surface area (Å²) in [6.07, 6.45) is 1.06. The Bertz CT molecular complexity index is 1100. The van der Waals surface area contributed by atoms with Crippen LogP contribution in [0.15, 0.2) is 48.5 Å². The molecule has 0 spiro atoms. The highest BCUT2D eigenvalue weighted by Crippen LogP contribution is 2.24. The molecule has 33 heavy (non-hydrogen) atoms. The number of rotatable bonds is 9. The van der Waals surface area contributed by atoms with Crippen LogP contribution in [0.4, 0.5) is 0 Å². The minimum absolute atomic E-state index is 0.0598. The van der Waals surface area contributed by atoms with Crippen molar-refractivity contribution in [3.8, 4) is 5.75 Å². The van der Waals surface area contributed by atoms with E-state index in [-0.39, 0.29) is 29.7 Å². The van der Waals surface area contributed by atoms with E-state index in [0.29, 0.717) is 23.6 Å². The van der Waals surface area contributed by atoms with Crippen molar-refractivity contribution in [2.75, 3.05) is 18.1 Å². The van der Waals surface area contributed by atoms with Crippen molar-refractivity contribution in [1.82, 2.24) is 4.90 Å². The van der Waals surface area contributed by atoms with E-state index in [0.717, 1.165) is 5.56 Å². The van der Waals surface area contributed by atoms with Crippen LogP contribution in [0.1, 0.15) is 42.6 Å². The maximum atomic E-state index is 12.9. The summed E-state index contributed by atoms with van der Waals surface area (Å²) in [6.45, 7) is 3.48. The molecule has 1 aliphatic rings. The minimum Gasteiger partial charge on any atom is -0.488 e. The molecule has 1 saturated heterocycles. The van der Waals surface area contributed by atoms with E-state index in [4.69, 9.17) is 21.1 Å². The summed E-state index contributed by atoms with van der Waals surface area (Å²) < 4.78 is 34.9. The Balaban J connectivity index is 1.66. The van der Waals surface area contributed by atoms with Crippen LogP contribution in [-0.4, -0.2) is 55.4 Å². The molecule has 0 saturated carbocycles. The number of hydrogen-bond acceptors (Lipinski definition) is 6. The smallest absolute Gasteiger partial charge is 0.342 e. The zero-order chi connectivity index (χ0) is 24.0. The van der Waals surface area contributed by atoms with Gasteiger partial charge in [0.25, 0.3) is 5.91 Å². The number of carbonyl (C=O) groups is 2. The lowest BCUT2D eigenvalue weighted by molar-refractivity contribution is -0.138. The summed E-state index contributed by atoms with van der Waals surface area (Å²) in [4.78, 5) is 27.2. The average Bonchev–Trinajstić information content (AvgIpc) is 3.16. The molecule has 2 aromatic rings. The fourth-order valence-electron chi connectivity index (χ4n) is 3.81. The van der Waals surface area contributed by atoms with Gasteiger partial charge in [0.05, 0.1) is 11.5 Å². The molecular weight excluding hydrogens is 466 g/mol. The summed E-state index contributed by atoms with van der Waals surface area (Å²) in [5, 5.41) is 0.558. The molecule has 1 amide bonds. The predicted molar refractivity (Wildman–Crippen MR) is 126 cm³/mol. The van der Waals surface area contributed by atoms with Gasteiger partial charge in [-0.15, -0.1) is 0 Å². The van der Waals surface area contributed by atoms with Crippen molar-refractivity contribution < 1.29 is 27.5 Å². The molecule has 3 rings (SSSR count). The van der Waals surface area contributed by atoms with Crippen LogP contribution < -0.4 is 4.74 Å². The first kappa shape index (κ1) is 25.1. The van der Waals surface area contributed by atoms with E-state index in [1.807, 2.05) is 32.0 Å². The Morgan fingerprint density at radius 2 is 1.85 bits per heavy atom. The Labute approximate surface area is 199 Å². The maximum absolute atomic E-state index is 12.9. The third-order valence-corrected chi connectivity index (χ3v) is 7.85. The van der Waals surface area contributed by atoms with Crippen LogP contribution >= 0.6 is 11.6 Å². The number of carbonyl (C=O) groups excluding carboxylic acids is 2. The fourth-order valence-corrected chi connectivity index (χ4v) is 5.71. The average molecular weight is 494 g/mol. The Kier molecular flexibility index (Phi) is 8.37. The highest BCUT2D eigenvalue weighted by Gasteiger charge is 2.36. The van der Waals surface area contributed by atoms with Gasteiger partial charge in [0.1, 0.15) is 17.9 Å². The first-order valence-corrected chi connectivity index (χ1v) is 13.1. The molecule has 1 fully saturated rings. The van der Waals surface area contributed by atoms with E-state index >= 15 is 0 Å². The molecule has 0 aromatic heterocycles. The third kappa shape index (κ3) is 6.48. The van der Waals surface area contributed by atoms with Crippen molar-refractivity contribution in [2.45, 2.75) is 45.4 Å². The second-order valence-corrected chi connectivity index (χ2v) is 10.7. The zero-order valence-electron chi connectivity index (χ0n) is 18.7. The topological polar surface area (TPSA) is 90.0 Å². The molecule has 0 radical (unpaired) electrons. The number of benzene rings is 2. The molecule has 1 aliphatic heterocycles. The molecular formula is C24H28ClNO6S. The molecule has 0 aliphatic carbocycles. The lowest BCUT2D eigenvalue weighted by Gasteiger charge is -2.33. The molecule has 0 N–H and O–H groups in total. The number of para-hydroxylation sites is 1. The van der Waals surface area contributed by atoms with Crippen molar-refractivity contribution in [1.29, 1.82) is 0 Å². The summed E-state index contributed by atoms with van der Waals surface area (Å²) in [7, 11) is -3.16. The first-order chi connectivity index (χ1) is 15.7. The van der Waals surface area contributed by atoms with E-state index in [1.165, 1.54) is 0 Å². The number of amides is 1. The molecule has 2 aromatic carbocycles. The molecule has 0 unspecified atom stereocenters. The van der Waals surface area contributed by atoms with Crippen LogP contribution in [0.3, 0.4) is 0 Å². The van der Waals surface area contributed by atoms with Gasteiger partial charge in [-0.3, -0.25) is 4.79 Å². The molecule has 0 bridgehead atoms. The standard InChI is InChI=1S/C24H28ClNO6S/c1-3-17(2)26(19-12-13-33(29,30)16-19)23(27)15-32-24(28)20-9-5-7-11-22(20)31-14-18-8-4-6-10-21(18)25/h4-11,17,19H,3,12-16H2,1-2H3/t17-,19-/m1/s1. The summed E-state index contributed by atoms with van der Waals surface area (Å²) in [5.74, 6) is -0.783. The molecule has 2 atom stereocenters. The monoisotopic (exact) mass is 493 g/mol. The fraction of sp³-hybridized carbons (Fsp3) is 0.417. The van der Waals surface area contributed by atoms with E-state index in [9.17, 15) is 18.0 Å². The van der Waals surface area contributed by atoms with Crippen molar-refractivity contribution in [3.63, 3.8) is 0 Å². The van der Waals surface area contributed by atoms with Crippen molar-refractivity contribution in [3.05, 3.63) is 64.7 Å².